The van der Waals surface area contributed by atoms with Gasteiger partial charge < -0.3 is 19.9 Å². The Bertz CT molecular complexity index is 1210. The Morgan fingerprint density at radius 3 is 2.57 bits per heavy atom. The summed E-state index contributed by atoms with van der Waals surface area (Å²) in [7, 11) is 0. The molecular formula is C28H37N5O4. The molecule has 1 unspecified atom stereocenters. The number of nitrogens with zero attached hydrogens (tertiary/aromatic N) is 4. The summed E-state index contributed by atoms with van der Waals surface area (Å²) in [6.45, 7) is 7.96. The number of fused-ring (bicyclic) bond motifs is 3. The predicted octanol–water partition coefficient (Wildman–Crippen LogP) is 2.60. The second-order valence-electron chi connectivity index (χ2n) is 11.8. The van der Waals surface area contributed by atoms with Crippen molar-refractivity contribution in [2.24, 2.45) is 23.2 Å². The fourth-order valence-electron chi connectivity index (χ4n) is 7.09. The highest BCUT2D eigenvalue weighted by atomic mass is 16.5. The number of nitrogens with one attached hydrogen (secondary N) is 1. The highest BCUT2D eigenvalue weighted by Gasteiger charge is 2.53. The van der Waals surface area contributed by atoms with Gasteiger partial charge in [0.25, 0.3) is 17.7 Å². The number of ether oxygens (including phenoxy) is 1. The Morgan fingerprint density at radius 1 is 1.08 bits per heavy atom. The van der Waals surface area contributed by atoms with Gasteiger partial charge in [-0.1, -0.05) is 19.9 Å². The smallest absolute Gasteiger partial charge is 0.274 e. The fourth-order valence-corrected chi connectivity index (χ4v) is 7.09. The quantitative estimate of drug-likeness (QED) is 0.671. The zero-order chi connectivity index (χ0) is 25.7. The van der Waals surface area contributed by atoms with Crippen LogP contribution in [0.5, 0.6) is 0 Å². The standard InChI is InChI=1S/C28H37N5O4/c1-28(2)19-9-8-18(20(28)15-19)16-29-25(34)22-5-3-7-24-30-21(17-33(22)24)26(35)31-10-12-32(13-11-31)27(36)23-6-4-14-37-23/h3,5,7,17-20,23H,4,6,8-16H2,1-2H3,(H,29,34)/t18-,19-,20-,23?/m0/s1. The maximum absolute atomic E-state index is 13.2. The monoisotopic (exact) mass is 507 g/mol. The number of aromatic nitrogens is 2. The zero-order valence-corrected chi connectivity index (χ0v) is 21.8. The van der Waals surface area contributed by atoms with E-state index < -0.39 is 0 Å². The van der Waals surface area contributed by atoms with Gasteiger partial charge in [-0.2, -0.15) is 0 Å². The number of amides is 3. The first-order valence-electron chi connectivity index (χ1n) is 13.8. The molecular weight excluding hydrogens is 470 g/mol. The molecule has 5 fully saturated rings. The van der Waals surface area contributed by atoms with Gasteiger partial charge in [-0.15, -0.1) is 0 Å². The van der Waals surface area contributed by atoms with E-state index in [4.69, 9.17) is 4.74 Å². The van der Waals surface area contributed by atoms with Gasteiger partial charge in [-0.3, -0.25) is 18.8 Å². The average Bonchev–Trinajstić information content (AvgIpc) is 3.61. The van der Waals surface area contributed by atoms with Crippen molar-refractivity contribution in [1.29, 1.82) is 0 Å². The molecule has 4 heterocycles. The number of rotatable bonds is 5. The largest absolute Gasteiger partial charge is 0.368 e. The summed E-state index contributed by atoms with van der Waals surface area (Å²) in [4.78, 5) is 47.1. The second-order valence-corrected chi connectivity index (χ2v) is 11.8. The number of carbonyl (C=O) groups is 3. The Labute approximate surface area is 217 Å². The van der Waals surface area contributed by atoms with E-state index in [1.165, 1.54) is 19.3 Å². The maximum atomic E-state index is 13.2. The van der Waals surface area contributed by atoms with Crippen LogP contribution in [0.25, 0.3) is 5.65 Å². The molecule has 37 heavy (non-hydrogen) atoms. The normalized spacial score (nSPS) is 28.7. The van der Waals surface area contributed by atoms with Crippen LogP contribution in [-0.2, 0) is 9.53 Å². The first-order chi connectivity index (χ1) is 17.8. The molecule has 3 amide bonds. The van der Waals surface area contributed by atoms with E-state index in [-0.39, 0.29) is 23.8 Å². The van der Waals surface area contributed by atoms with Gasteiger partial charge in [0.15, 0.2) is 0 Å². The van der Waals surface area contributed by atoms with Crippen molar-refractivity contribution in [1.82, 2.24) is 24.5 Å². The Hall–Kier alpha value is -2.94. The van der Waals surface area contributed by atoms with Gasteiger partial charge in [0.1, 0.15) is 23.1 Å². The van der Waals surface area contributed by atoms with Crippen molar-refractivity contribution in [3.05, 3.63) is 35.8 Å². The molecule has 2 aromatic heterocycles. The number of imidazole rings is 1. The molecule has 0 radical (unpaired) electrons. The second kappa shape index (κ2) is 9.42. The Balaban J connectivity index is 1.09. The molecule has 3 aliphatic carbocycles. The Kier molecular flexibility index (Phi) is 6.21. The van der Waals surface area contributed by atoms with Gasteiger partial charge in [0.2, 0.25) is 0 Å². The first kappa shape index (κ1) is 24.4. The molecule has 2 aromatic rings. The average molecular weight is 508 g/mol. The minimum absolute atomic E-state index is 0.0295. The highest BCUT2D eigenvalue weighted by molar-refractivity contribution is 5.95. The fraction of sp³-hybridized carbons (Fsp3) is 0.643. The SMILES string of the molecule is CC1(C)[C@H]2CC[C@@H](CNC(=O)c3cccc4nc(C(=O)N5CCN(C(=O)C6CCCO6)CC5)cn34)[C@@H]1C2. The summed E-state index contributed by atoms with van der Waals surface area (Å²) in [5.74, 6) is 1.76. The number of carbonyl (C=O) groups excluding carboxylic acids is 3. The lowest BCUT2D eigenvalue weighted by atomic mass is 9.45. The minimum Gasteiger partial charge on any atom is -0.368 e. The van der Waals surface area contributed by atoms with Crippen LogP contribution >= 0.6 is 0 Å². The first-order valence-corrected chi connectivity index (χ1v) is 13.8. The van der Waals surface area contributed by atoms with E-state index in [1.54, 1.807) is 32.5 Å². The summed E-state index contributed by atoms with van der Waals surface area (Å²) in [5.41, 5.74) is 1.76. The van der Waals surface area contributed by atoms with Gasteiger partial charge in [0.05, 0.1) is 0 Å². The molecule has 2 bridgehead atoms. The third-order valence-electron chi connectivity index (χ3n) is 9.55. The van der Waals surface area contributed by atoms with Crippen molar-refractivity contribution in [3.63, 3.8) is 0 Å². The molecule has 0 aromatic carbocycles. The van der Waals surface area contributed by atoms with Crippen LogP contribution in [0, 0.1) is 23.2 Å². The molecule has 5 aliphatic rings. The van der Waals surface area contributed by atoms with E-state index in [9.17, 15) is 14.4 Å². The van der Waals surface area contributed by atoms with Crippen LogP contribution in [0.4, 0.5) is 0 Å². The molecule has 2 saturated heterocycles. The van der Waals surface area contributed by atoms with Gasteiger partial charge >= 0.3 is 0 Å². The van der Waals surface area contributed by atoms with Gasteiger partial charge in [0, 0.05) is 45.5 Å². The Morgan fingerprint density at radius 2 is 1.86 bits per heavy atom. The molecule has 9 heteroatoms. The third-order valence-corrected chi connectivity index (χ3v) is 9.55. The minimum atomic E-state index is -0.333. The van der Waals surface area contributed by atoms with Crippen molar-refractivity contribution in [2.45, 2.75) is 52.1 Å². The number of pyridine rings is 1. The molecule has 198 valence electrons. The predicted molar refractivity (Wildman–Crippen MR) is 137 cm³/mol. The molecule has 3 saturated carbocycles. The maximum Gasteiger partial charge on any atom is 0.274 e. The lowest BCUT2D eigenvalue weighted by molar-refractivity contribution is -0.142. The van der Waals surface area contributed by atoms with Crippen LogP contribution in [0.15, 0.2) is 24.4 Å². The van der Waals surface area contributed by atoms with E-state index in [0.29, 0.717) is 73.6 Å². The summed E-state index contributed by atoms with van der Waals surface area (Å²) in [6.07, 6.45) is 6.74. The van der Waals surface area contributed by atoms with E-state index in [2.05, 4.69) is 24.1 Å². The van der Waals surface area contributed by atoms with Gasteiger partial charge in [-0.25, -0.2) is 4.98 Å². The molecule has 1 N–H and O–H groups in total. The zero-order valence-electron chi connectivity index (χ0n) is 21.8. The van der Waals surface area contributed by atoms with Gasteiger partial charge in [-0.05, 0) is 67.4 Å². The molecule has 2 aliphatic heterocycles. The molecule has 0 spiro atoms. The number of hydrogen-bond acceptors (Lipinski definition) is 5. The van der Waals surface area contributed by atoms with Crippen LogP contribution < -0.4 is 5.32 Å². The van der Waals surface area contributed by atoms with E-state index in [1.807, 2.05) is 6.07 Å². The lowest BCUT2D eigenvalue weighted by Crippen LogP contribution is -2.54. The molecule has 4 atom stereocenters. The van der Waals surface area contributed by atoms with Crippen molar-refractivity contribution >= 4 is 23.4 Å². The summed E-state index contributed by atoms with van der Waals surface area (Å²) in [6, 6.07) is 5.39. The molecule has 7 rings (SSSR count). The van der Waals surface area contributed by atoms with Crippen molar-refractivity contribution in [2.75, 3.05) is 39.3 Å². The molecule has 9 nitrogen and oxygen atoms in total. The van der Waals surface area contributed by atoms with Crippen LogP contribution in [0.2, 0.25) is 0 Å². The third kappa shape index (κ3) is 4.31. The number of piperazine rings is 1. The highest BCUT2D eigenvalue weighted by Crippen LogP contribution is 2.61. The van der Waals surface area contributed by atoms with E-state index in [0.717, 1.165) is 18.8 Å². The summed E-state index contributed by atoms with van der Waals surface area (Å²) in [5, 5.41) is 3.16. The summed E-state index contributed by atoms with van der Waals surface area (Å²) < 4.78 is 7.24. The summed E-state index contributed by atoms with van der Waals surface area (Å²) >= 11 is 0. The van der Waals surface area contributed by atoms with Crippen molar-refractivity contribution in [3.8, 4) is 0 Å². The number of hydrogen-bond donors (Lipinski definition) is 1. The van der Waals surface area contributed by atoms with Crippen LogP contribution in [0.3, 0.4) is 0 Å². The topological polar surface area (TPSA) is 96.3 Å². The lowest BCUT2D eigenvalue weighted by Gasteiger charge is -2.60. The van der Waals surface area contributed by atoms with Crippen LogP contribution in [0.1, 0.15) is 66.9 Å². The van der Waals surface area contributed by atoms with Crippen LogP contribution in [-0.4, -0.2) is 82.3 Å². The van der Waals surface area contributed by atoms with Crippen molar-refractivity contribution < 1.29 is 19.1 Å². The van der Waals surface area contributed by atoms with E-state index >= 15 is 0 Å².